The Morgan fingerprint density at radius 2 is 2.33 bits per heavy atom. The first kappa shape index (κ1) is 16.5. The van der Waals surface area contributed by atoms with Crippen molar-refractivity contribution in [3.05, 3.63) is 33.8 Å². The van der Waals surface area contributed by atoms with Crippen LogP contribution in [0.3, 0.4) is 0 Å². The van der Waals surface area contributed by atoms with E-state index in [0.29, 0.717) is 28.8 Å². The summed E-state index contributed by atoms with van der Waals surface area (Å²) in [5.74, 6) is -0.159. The summed E-state index contributed by atoms with van der Waals surface area (Å²) in [5.41, 5.74) is 0.539. The standard InChI is InChI=1S/C14H18Cl2N2O3/c15-9-1-2-11(12(16)5-9)13(19)8-18-14(20)6-10-7-17-3-4-21-10/h1-2,5,10,13,17,19H,3-4,6-8H2,(H,18,20). The van der Waals surface area contributed by atoms with E-state index < -0.39 is 6.10 Å². The van der Waals surface area contributed by atoms with Crippen LogP contribution in [0.5, 0.6) is 0 Å². The van der Waals surface area contributed by atoms with Crippen molar-refractivity contribution in [2.45, 2.75) is 18.6 Å². The second-order valence-corrected chi connectivity index (χ2v) is 5.73. The highest BCUT2D eigenvalue weighted by Crippen LogP contribution is 2.25. The molecular formula is C14H18Cl2N2O3. The molecule has 3 N–H and O–H groups in total. The number of hydrogen-bond acceptors (Lipinski definition) is 4. The highest BCUT2D eigenvalue weighted by atomic mass is 35.5. The zero-order valence-electron chi connectivity index (χ0n) is 11.4. The van der Waals surface area contributed by atoms with Crippen LogP contribution in [0.15, 0.2) is 18.2 Å². The van der Waals surface area contributed by atoms with Crippen LogP contribution in [0.1, 0.15) is 18.1 Å². The lowest BCUT2D eigenvalue weighted by Crippen LogP contribution is -2.41. The fraction of sp³-hybridized carbons (Fsp3) is 0.500. The summed E-state index contributed by atoms with van der Waals surface area (Å²) in [7, 11) is 0. The number of nitrogens with one attached hydrogen (secondary N) is 2. The van der Waals surface area contributed by atoms with E-state index in [0.717, 1.165) is 6.54 Å². The normalized spacial score (nSPS) is 20.0. The molecule has 1 aromatic carbocycles. The fourth-order valence-electron chi connectivity index (χ4n) is 2.12. The Kier molecular flexibility index (Phi) is 6.26. The van der Waals surface area contributed by atoms with Crippen LogP contribution in [0.25, 0.3) is 0 Å². The molecule has 0 saturated carbocycles. The van der Waals surface area contributed by atoms with Gasteiger partial charge in [0, 0.05) is 35.2 Å². The smallest absolute Gasteiger partial charge is 0.222 e. The van der Waals surface area contributed by atoms with Crippen LogP contribution in [-0.4, -0.2) is 43.4 Å². The lowest BCUT2D eigenvalue weighted by molar-refractivity contribution is -0.124. The molecule has 0 radical (unpaired) electrons. The minimum Gasteiger partial charge on any atom is -0.387 e. The summed E-state index contributed by atoms with van der Waals surface area (Å²) < 4.78 is 5.45. The molecule has 2 rings (SSSR count). The Morgan fingerprint density at radius 3 is 3.00 bits per heavy atom. The van der Waals surface area contributed by atoms with E-state index >= 15 is 0 Å². The first-order valence-corrected chi connectivity index (χ1v) is 7.54. The number of carbonyl (C=O) groups is 1. The maximum atomic E-state index is 11.8. The van der Waals surface area contributed by atoms with Gasteiger partial charge in [-0.15, -0.1) is 0 Å². The molecule has 2 atom stereocenters. The highest BCUT2D eigenvalue weighted by molar-refractivity contribution is 6.35. The van der Waals surface area contributed by atoms with E-state index in [1.165, 1.54) is 0 Å². The number of aliphatic hydroxyl groups is 1. The Morgan fingerprint density at radius 1 is 1.52 bits per heavy atom. The third-order valence-electron chi connectivity index (χ3n) is 3.23. The van der Waals surface area contributed by atoms with Crippen molar-refractivity contribution < 1.29 is 14.6 Å². The van der Waals surface area contributed by atoms with Crippen molar-refractivity contribution in [2.24, 2.45) is 0 Å². The SMILES string of the molecule is O=C(CC1CNCCO1)NCC(O)c1ccc(Cl)cc1Cl. The van der Waals surface area contributed by atoms with Crippen molar-refractivity contribution in [3.63, 3.8) is 0 Å². The van der Waals surface area contributed by atoms with E-state index in [4.69, 9.17) is 27.9 Å². The number of rotatable bonds is 5. The number of benzene rings is 1. The number of carbonyl (C=O) groups excluding carboxylic acids is 1. The van der Waals surface area contributed by atoms with Gasteiger partial charge in [0.05, 0.1) is 25.2 Å². The molecular weight excluding hydrogens is 315 g/mol. The Bertz CT molecular complexity index is 493. The van der Waals surface area contributed by atoms with Gasteiger partial charge in [0.15, 0.2) is 0 Å². The van der Waals surface area contributed by atoms with E-state index in [-0.39, 0.29) is 25.0 Å². The molecule has 7 heteroatoms. The van der Waals surface area contributed by atoms with Crippen molar-refractivity contribution in [1.82, 2.24) is 10.6 Å². The van der Waals surface area contributed by atoms with E-state index in [1.807, 2.05) is 0 Å². The number of amides is 1. The van der Waals surface area contributed by atoms with Gasteiger partial charge >= 0.3 is 0 Å². The summed E-state index contributed by atoms with van der Waals surface area (Å²) >= 11 is 11.8. The lowest BCUT2D eigenvalue weighted by Gasteiger charge is -2.23. The van der Waals surface area contributed by atoms with Crippen molar-refractivity contribution in [1.29, 1.82) is 0 Å². The molecule has 116 valence electrons. The number of aliphatic hydroxyl groups excluding tert-OH is 1. The molecule has 0 aromatic heterocycles. The molecule has 1 aromatic rings. The van der Waals surface area contributed by atoms with Crippen molar-refractivity contribution in [2.75, 3.05) is 26.2 Å². The van der Waals surface area contributed by atoms with Crippen molar-refractivity contribution in [3.8, 4) is 0 Å². The van der Waals surface area contributed by atoms with Gasteiger partial charge in [0.25, 0.3) is 0 Å². The predicted molar refractivity (Wildman–Crippen MR) is 81.7 cm³/mol. The Balaban J connectivity index is 1.80. The first-order chi connectivity index (χ1) is 10.1. The average molecular weight is 333 g/mol. The largest absolute Gasteiger partial charge is 0.387 e. The molecule has 1 amide bonds. The molecule has 1 aliphatic rings. The summed E-state index contributed by atoms with van der Waals surface area (Å²) in [6.45, 7) is 2.19. The van der Waals surface area contributed by atoms with E-state index in [2.05, 4.69) is 10.6 Å². The molecule has 0 spiro atoms. The van der Waals surface area contributed by atoms with Crippen LogP contribution < -0.4 is 10.6 Å². The summed E-state index contributed by atoms with van der Waals surface area (Å²) in [6.07, 6.45) is -0.715. The number of hydrogen-bond donors (Lipinski definition) is 3. The van der Waals surface area contributed by atoms with Gasteiger partial charge in [-0.3, -0.25) is 4.79 Å². The minimum absolute atomic E-state index is 0.0976. The van der Waals surface area contributed by atoms with Gasteiger partial charge in [-0.1, -0.05) is 29.3 Å². The third-order valence-corrected chi connectivity index (χ3v) is 3.79. The summed E-state index contributed by atoms with van der Waals surface area (Å²) in [5, 5.41) is 16.8. The Labute approximate surface area is 133 Å². The van der Waals surface area contributed by atoms with Crippen LogP contribution >= 0.6 is 23.2 Å². The number of halogens is 2. The van der Waals surface area contributed by atoms with Crippen LogP contribution in [0.2, 0.25) is 10.0 Å². The zero-order chi connectivity index (χ0) is 15.2. The zero-order valence-corrected chi connectivity index (χ0v) is 13.0. The molecule has 1 aliphatic heterocycles. The van der Waals surface area contributed by atoms with Gasteiger partial charge in [-0.2, -0.15) is 0 Å². The molecule has 0 aliphatic carbocycles. The van der Waals surface area contributed by atoms with Crippen molar-refractivity contribution >= 4 is 29.1 Å². The first-order valence-electron chi connectivity index (χ1n) is 6.78. The summed E-state index contributed by atoms with van der Waals surface area (Å²) in [4.78, 5) is 11.8. The Hall–Kier alpha value is -0.850. The minimum atomic E-state index is -0.871. The monoisotopic (exact) mass is 332 g/mol. The van der Waals surface area contributed by atoms with Crippen LogP contribution in [0.4, 0.5) is 0 Å². The molecule has 1 saturated heterocycles. The van der Waals surface area contributed by atoms with Crippen LogP contribution in [-0.2, 0) is 9.53 Å². The summed E-state index contributed by atoms with van der Waals surface area (Å²) in [6, 6.07) is 4.86. The maximum Gasteiger partial charge on any atom is 0.222 e. The second-order valence-electron chi connectivity index (χ2n) is 4.89. The maximum absolute atomic E-state index is 11.8. The molecule has 1 heterocycles. The molecule has 21 heavy (non-hydrogen) atoms. The fourth-order valence-corrected chi connectivity index (χ4v) is 2.66. The molecule has 1 fully saturated rings. The van der Waals surface area contributed by atoms with E-state index in [1.54, 1.807) is 18.2 Å². The molecule has 2 unspecified atom stereocenters. The van der Waals surface area contributed by atoms with Gasteiger partial charge in [0.1, 0.15) is 0 Å². The number of ether oxygens (including phenoxy) is 1. The van der Waals surface area contributed by atoms with E-state index in [9.17, 15) is 9.90 Å². The quantitative estimate of drug-likeness (QED) is 0.764. The average Bonchev–Trinajstić information content (AvgIpc) is 2.46. The lowest BCUT2D eigenvalue weighted by atomic mass is 10.1. The molecule has 0 bridgehead atoms. The topological polar surface area (TPSA) is 70.6 Å². The highest BCUT2D eigenvalue weighted by Gasteiger charge is 2.18. The predicted octanol–water partition coefficient (Wildman–Crippen LogP) is 1.52. The van der Waals surface area contributed by atoms with Gasteiger partial charge in [0.2, 0.25) is 5.91 Å². The molecule has 5 nitrogen and oxygen atoms in total. The van der Waals surface area contributed by atoms with Gasteiger partial charge in [-0.05, 0) is 12.1 Å². The third kappa shape index (κ3) is 5.13. The second kappa shape index (κ2) is 7.96. The van der Waals surface area contributed by atoms with Gasteiger partial charge < -0.3 is 20.5 Å². The van der Waals surface area contributed by atoms with Crippen LogP contribution in [0, 0.1) is 0 Å². The van der Waals surface area contributed by atoms with Gasteiger partial charge in [-0.25, -0.2) is 0 Å². The number of morpholine rings is 1.